The molecule has 6 rings (SSSR count). The fraction of sp³-hybridized carbons (Fsp3) is 0.417. The van der Waals surface area contributed by atoms with Crippen molar-refractivity contribution >= 4 is 28.0 Å². The quantitative estimate of drug-likeness (QED) is 0.498. The van der Waals surface area contributed by atoms with E-state index < -0.39 is 0 Å². The third-order valence-electron chi connectivity index (χ3n) is 6.58. The second-order valence-electron chi connectivity index (χ2n) is 8.89. The number of rotatable bonds is 3. The summed E-state index contributed by atoms with van der Waals surface area (Å²) in [6, 6.07) is 9.84. The number of pyridine rings is 1. The van der Waals surface area contributed by atoms with Crippen molar-refractivity contribution in [3.8, 4) is 0 Å². The van der Waals surface area contributed by atoms with Gasteiger partial charge < -0.3 is 9.32 Å². The fourth-order valence-electron chi connectivity index (χ4n) is 4.82. The number of nitrogens with zero attached hydrogens (tertiary/aromatic N) is 5. The van der Waals surface area contributed by atoms with Gasteiger partial charge in [0.2, 0.25) is 0 Å². The highest BCUT2D eigenvalue weighted by atomic mass is 16.3. The molecule has 1 saturated heterocycles. The Morgan fingerprint density at radius 2 is 1.97 bits per heavy atom. The molecule has 1 aromatic carbocycles. The van der Waals surface area contributed by atoms with Crippen LogP contribution in [0.2, 0.25) is 0 Å². The van der Waals surface area contributed by atoms with Crippen LogP contribution in [0.25, 0.3) is 22.1 Å². The topological polar surface area (TPSA) is 77.1 Å². The summed E-state index contributed by atoms with van der Waals surface area (Å²) in [4.78, 5) is 25.2. The summed E-state index contributed by atoms with van der Waals surface area (Å²) in [5.41, 5.74) is 5.08. The largest absolute Gasteiger partial charge is 0.440 e. The van der Waals surface area contributed by atoms with Crippen LogP contribution in [0.1, 0.15) is 65.2 Å². The molecule has 7 heteroatoms. The van der Waals surface area contributed by atoms with Gasteiger partial charge in [-0.05, 0) is 50.8 Å². The third kappa shape index (κ3) is 3.10. The molecule has 1 aliphatic heterocycles. The number of likely N-dealkylation sites (tertiary alicyclic amines) is 1. The van der Waals surface area contributed by atoms with Crippen LogP contribution in [0, 0.1) is 6.92 Å². The number of carbonyl (C=O) groups excluding carboxylic acids is 1. The molecule has 1 unspecified atom stereocenters. The average molecular weight is 415 g/mol. The number of amides is 1. The van der Waals surface area contributed by atoms with Gasteiger partial charge in [-0.3, -0.25) is 9.48 Å². The molecular formula is C24H25N5O2. The number of para-hydroxylation sites is 2. The second kappa shape index (κ2) is 6.90. The molecule has 3 aromatic heterocycles. The van der Waals surface area contributed by atoms with E-state index in [0.29, 0.717) is 12.5 Å². The van der Waals surface area contributed by atoms with Crippen molar-refractivity contribution in [2.75, 3.05) is 13.1 Å². The molecule has 2 aliphatic rings. The summed E-state index contributed by atoms with van der Waals surface area (Å²) in [5, 5.41) is 5.42. The predicted octanol–water partition coefficient (Wildman–Crippen LogP) is 4.32. The molecule has 0 bridgehead atoms. The lowest BCUT2D eigenvalue weighted by molar-refractivity contribution is 0.0700. The minimum Gasteiger partial charge on any atom is -0.440 e. The monoisotopic (exact) mass is 415 g/mol. The number of carbonyl (C=O) groups is 1. The van der Waals surface area contributed by atoms with Gasteiger partial charge in [0, 0.05) is 31.7 Å². The van der Waals surface area contributed by atoms with Crippen molar-refractivity contribution in [1.29, 1.82) is 0 Å². The standard InChI is InChI=1S/C24H25N5O2/c1-14-21-17(12-19(15-9-10-15)25-22(21)28(2)27-14)24(30)29-11-5-6-16(13-29)23-26-18-7-3-4-8-20(18)31-23/h3-4,7-8,12,15-16H,5-6,9-11,13H2,1-2H3. The lowest BCUT2D eigenvalue weighted by Crippen LogP contribution is -2.39. The molecule has 1 amide bonds. The van der Waals surface area contributed by atoms with Crippen molar-refractivity contribution in [3.05, 3.63) is 53.2 Å². The molecule has 4 heterocycles. The Labute approximate surface area is 180 Å². The van der Waals surface area contributed by atoms with Gasteiger partial charge in [0.15, 0.2) is 17.1 Å². The molecule has 2 fully saturated rings. The summed E-state index contributed by atoms with van der Waals surface area (Å²) < 4.78 is 7.82. The Bertz CT molecular complexity index is 1280. The van der Waals surface area contributed by atoms with Crippen molar-refractivity contribution in [2.24, 2.45) is 7.05 Å². The summed E-state index contributed by atoms with van der Waals surface area (Å²) in [7, 11) is 1.90. The minimum atomic E-state index is 0.0613. The van der Waals surface area contributed by atoms with Crippen LogP contribution < -0.4 is 0 Å². The van der Waals surface area contributed by atoms with Crippen molar-refractivity contribution in [3.63, 3.8) is 0 Å². The minimum absolute atomic E-state index is 0.0613. The summed E-state index contributed by atoms with van der Waals surface area (Å²) in [6.07, 6.45) is 4.20. The average Bonchev–Trinajstić information content (AvgIpc) is 3.49. The molecule has 1 atom stereocenters. The SMILES string of the molecule is Cc1nn(C)c2nc(C3CC3)cc(C(=O)N3CCCC(c4nc5ccccc5o4)C3)c12. The maximum absolute atomic E-state index is 13.7. The van der Waals surface area contributed by atoms with Crippen LogP contribution in [0.4, 0.5) is 0 Å². The summed E-state index contributed by atoms with van der Waals surface area (Å²) >= 11 is 0. The van der Waals surface area contributed by atoms with Gasteiger partial charge in [-0.15, -0.1) is 0 Å². The molecule has 0 N–H and O–H groups in total. The highest BCUT2D eigenvalue weighted by Crippen LogP contribution is 2.41. The van der Waals surface area contributed by atoms with E-state index in [1.165, 1.54) is 0 Å². The van der Waals surface area contributed by atoms with Crippen LogP contribution in [-0.2, 0) is 7.05 Å². The van der Waals surface area contributed by atoms with Crippen molar-refractivity contribution in [2.45, 2.75) is 44.4 Å². The Morgan fingerprint density at radius 1 is 1.13 bits per heavy atom. The van der Waals surface area contributed by atoms with E-state index in [4.69, 9.17) is 9.40 Å². The molecule has 1 saturated carbocycles. The van der Waals surface area contributed by atoms with Gasteiger partial charge in [0.25, 0.3) is 5.91 Å². The summed E-state index contributed by atoms with van der Waals surface area (Å²) in [5.74, 6) is 1.38. The first-order valence-electron chi connectivity index (χ1n) is 11.1. The third-order valence-corrected chi connectivity index (χ3v) is 6.58. The maximum Gasteiger partial charge on any atom is 0.254 e. The van der Waals surface area contributed by atoms with Crippen LogP contribution in [0.5, 0.6) is 0 Å². The van der Waals surface area contributed by atoms with Gasteiger partial charge in [-0.2, -0.15) is 5.10 Å². The van der Waals surface area contributed by atoms with Crippen LogP contribution in [0.3, 0.4) is 0 Å². The van der Waals surface area contributed by atoms with Gasteiger partial charge in [-0.25, -0.2) is 9.97 Å². The van der Waals surface area contributed by atoms with Gasteiger partial charge in [0.05, 0.1) is 22.6 Å². The molecule has 31 heavy (non-hydrogen) atoms. The lowest BCUT2D eigenvalue weighted by atomic mass is 9.96. The molecule has 0 spiro atoms. The molecule has 0 radical (unpaired) electrons. The highest BCUT2D eigenvalue weighted by molar-refractivity contribution is 6.06. The number of aromatic nitrogens is 4. The van der Waals surface area contributed by atoms with Gasteiger partial charge in [-0.1, -0.05) is 12.1 Å². The number of hydrogen-bond donors (Lipinski definition) is 0. The predicted molar refractivity (Wildman–Crippen MR) is 117 cm³/mol. The molecule has 158 valence electrons. The van der Waals surface area contributed by atoms with E-state index >= 15 is 0 Å². The van der Waals surface area contributed by atoms with Crippen LogP contribution >= 0.6 is 0 Å². The molecular weight excluding hydrogens is 390 g/mol. The Hall–Kier alpha value is -3.22. The number of hydrogen-bond acceptors (Lipinski definition) is 5. The van der Waals surface area contributed by atoms with E-state index in [1.807, 2.05) is 49.2 Å². The van der Waals surface area contributed by atoms with E-state index in [2.05, 4.69) is 10.1 Å². The number of aryl methyl sites for hydroxylation is 2. The Balaban J connectivity index is 1.35. The zero-order valence-corrected chi connectivity index (χ0v) is 17.8. The molecule has 1 aliphatic carbocycles. The summed E-state index contributed by atoms with van der Waals surface area (Å²) in [6.45, 7) is 3.32. The number of oxazole rings is 1. The first-order chi connectivity index (χ1) is 15.1. The van der Waals surface area contributed by atoms with E-state index in [9.17, 15) is 4.79 Å². The molecule has 4 aromatic rings. The van der Waals surface area contributed by atoms with E-state index in [0.717, 1.165) is 77.2 Å². The Kier molecular flexibility index (Phi) is 4.13. The Morgan fingerprint density at radius 3 is 2.77 bits per heavy atom. The van der Waals surface area contributed by atoms with Gasteiger partial charge in [0.1, 0.15) is 5.52 Å². The first kappa shape index (κ1) is 18.5. The van der Waals surface area contributed by atoms with E-state index in [1.54, 1.807) is 4.68 Å². The zero-order chi connectivity index (χ0) is 21.1. The zero-order valence-electron chi connectivity index (χ0n) is 17.8. The second-order valence-corrected chi connectivity index (χ2v) is 8.89. The first-order valence-corrected chi connectivity index (χ1v) is 11.1. The lowest BCUT2D eigenvalue weighted by Gasteiger charge is -2.31. The van der Waals surface area contributed by atoms with Crippen LogP contribution in [0.15, 0.2) is 34.7 Å². The smallest absolute Gasteiger partial charge is 0.254 e. The normalized spacial score (nSPS) is 19.4. The van der Waals surface area contributed by atoms with E-state index in [-0.39, 0.29) is 11.8 Å². The van der Waals surface area contributed by atoms with Crippen molar-refractivity contribution in [1.82, 2.24) is 24.6 Å². The van der Waals surface area contributed by atoms with Gasteiger partial charge >= 0.3 is 0 Å². The maximum atomic E-state index is 13.7. The number of fused-ring (bicyclic) bond motifs is 2. The fourth-order valence-corrected chi connectivity index (χ4v) is 4.82. The number of benzene rings is 1. The highest BCUT2D eigenvalue weighted by Gasteiger charge is 2.32. The van der Waals surface area contributed by atoms with Crippen LogP contribution in [-0.4, -0.2) is 43.6 Å². The molecule has 7 nitrogen and oxygen atoms in total. The number of piperidine rings is 1. The van der Waals surface area contributed by atoms with Crippen molar-refractivity contribution < 1.29 is 9.21 Å².